The summed E-state index contributed by atoms with van der Waals surface area (Å²) in [5.41, 5.74) is 1.23. The molecule has 2 aromatic rings. The molecule has 0 atom stereocenters. The van der Waals surface area contributed by atoms with E-state index in [2.05, 4.69) is 31.1 Å². The molecule has 90 valence electrons. The summed E-state index contributed by atoms with van der Waals surface area (Å²) >= 11 is 0. The van der Waals surface area contributed by atoms with Crippen LogP contribution in [0, 0.1) is 0 Å². The van der Waals surface area contributed by atoms with Crippen LogP contribution in [0.15, 0.2) is 18.2 Å². The number of aromatic carboxylic acids is 1. The van der Waals surface area contributed by atoms with Gasteiger partial charge in [0.25, 0.3) is 0 Å². The van der Waals surface area contributed by atoms with E-state index in [0.717, 1.165) is 11.9 Å². The summed E-state index contributed by atoms with van der Waals surface area (Å²) in [6, 6.07) is 5.11. The summed E-state index contributed by atoms with van der Waals surface area (Å²) in [4.78, 5) is 11.1. The first kappa shape index (κ1) is 11.6. The van der Waals surface area contributed by atoms with Crippen molar-refractivity contribution in [2.75, 3.05) is 0 Å². The number of rotatable bonds is 3. The van der Waals surface area contributed by atoms with Crippen LogP contribution in [-0.2, 0) is 5.54 Å². The summed E-state index contributed by atoms with van der Waals surface area (Å²) in [6.45, 7) is 6.16. The van der Waals surface area contributed by atoms with Crippen molar-refractivity contribution in [1.29, 1.82) is 0 Å². The number of benzene rings is 1. The second-order valence-corrected chi connectivity index (χ2v) is 4.65. The van der Waals surface area contributed by atoms with Gasteiger partial charge in [-0.05, 0) is 32.4 Å². The number of carboxylic acids is 1. The third kappa shape index (κ3) is 1.77. The van der Waals surface area contributed by atoms with Gasteiger partial charge in [-0.15, -0.1) is 5.10 Å². The van der Waals surface area contributed by atoms with Crippen LogP contribution >= 0.6 is 0 Å². The first-order chi connectivity index (χ1) is 7.97. The molecule has 5 heteroatoms. The van der Waals surface area contributed by atoms with E-state index in [-0.39, 0.29) is 11.1 Å². The molecule has 5 nitrogen and oxygen atoms in total. The molecule has 0 amide bonds. The van der Waals surface area contributed by atoms with Crippen LogP contribution in [0.1, 0.15) is 37.6 Å². The lowest BCUT2D eigenvalue weighted by atomic mass is 10.0. The van der Waals surface area contributed by atoms with Gasteiger partial charge in [0.2, 0.25) is 0 Å². The fourth-order valence-corrected chi connectivity index (χ4v) is 1.71. The van der Waals surface area contributed by atoms with Gasteiger partial charge in [-0.2, -0.15) is 0 Å². The Hall–Kier alpha value is -1.91. The Balaban J connectivity index is 2.71. The molecule has 0 aliphatic carbocycles. The standard InChI is InChI=1S/C12H15N3O2/c1-4-12(2,3)15-9-7-5-6-8(11(16)17)10(9)13-14-15/h5-7H,4H2,1-3H3,(H,16,17). The monoisotopic (exact) mass is 233 g/mol. The summed E-state index contributed by atoms with van der Waals surface area (Å²) in [7, 11) is 0. The quantitative estimate of drug-likeness (QED) is 0.883. The third-order valence-corrected chi connectivity index (χ3v) is 3.15. The minimum absolute atomic E-state index is 0.175. The van der Waals surface area contributed by atoms with E-state index in [1.54, 1.807) is 16.8 Å². The fraction of sp³-hybridized carbons (Fsp3) is 0.417. The Morgan fingerprint density at radius 2 is 2.18 bits per heavy atom. The number of hydrogen-bond acceptors (Lipinski definition) is 3. The number of carboxylic acid groups (broad SMARTS) is 1. The predicted octanol–water partition coefficient (Wildman–Crippen LogP) is 2.27. The van der Waals surface area contributed by atoms with Crippen molar-refractivity contribution in [2.45, 2.75) is 32.7 Å². The average molecular weight is 233 g/mol. The van der Waals surface area contributed by atoms with Gasteiger partial charge in [0.05, 0.1) is 16.6 Å². The summed E-state index contributed by atoms with van der Waals surface area (Å²) in [6.07, 6.45) is 0.892. The molecule has 0 aliphatic rings. The number of aromatic nitrogens is 3. The smallest absolute Gasteiger partial charge is 0.338 e. The van der Waals surface area contributed by atoms with Crippen molar-refractivity contribution in [2.24, 2.45) is 0 Å². The lowest BCUT2D eigenvalue weighted by molar-refractivity contribution is 0.0699. The highest BCUT2D eigenvalue weighted by Gasteiger charge is 2.23. The van der Waals surface area contributed by atoms with Gasteiger partial charge < -0.3 is 5.11 Å². The molecule has 0 saturated heterocycles. The fourth-order valence-electron chi connectivity index (χ4n) is 1.71. The Kier molecular flexibility index (Phi) is 2.61. The van der Waals surface area contributed by atoms with Crippen LogP contribution in [0.4, 0.5) is 0 Å². The van der Waals surface area contributed by atoms with Gasteiger partial charge in [-0.3, -0.25) is 0 Å². The number of fused-ring (bicyclic) bond motifs is 1. The molecule has 0 bridgehead atoms. The lowest BCUT2D eigenvalue weighted by Gasteiger charge is -2.23. The normalized spacial score (nSPS) is 11.9. The second-order valence-electron chi connectivity index (χ2n) is 4.65. The minimum atomic E-state index is -0.975. The molecule has 17 heavy (non-hydrogen) atoms. The van der Waals surface area contributed by atoms with Crippen LogP contribution in [0.25, 0.3) is 11.0 Å². The maximum atomic E-state index is 11.1. The molecule has 1 aromatic carbocycles. The van der Waals surface area contributed by atoms with E-state index >= 15 is 0 Å². The van der Waals surface area contributed by atoms with Crippen molar-refractivity contribution in [1.82, 2.24) is 15.0 Å². The van der Waals surface area contributed by atoms with E-state index in [0.29, 0.717) is 5.52 Å². The predicted molar refractivity (Wildman–Crippen MR) is 64.1 cm³/mol. The van der Waals surface area contributed by atoms with E-state index in [4.69, 9.17) is 5.11 Å². The van der Waals surface area contributed by atoms with Gasteiger partial charge in [0.15, 0.2) is 0 Å². The molecular weight excluding hydrogens is 218 g/mol. The molecule has 2 rings (SSSR count). The largest absolute Gasteiger partial charge is 0.478 e. The lowest BCUT2D eigenvalue weighted by Crippen LogP contribution is -2.26. The summed E-state index contributed by atoms with van der Waals surface area (Å²) < 4.78 is 1.79. The maximum absolute atomic E-state index is 11.1. The molecule has 0 saturated carbocycles. The van der Waals surface area contributed by atoms with E-state index < -0.39 is 5.97 Å². The van der Waals surface area contributed by atoms with Crippen LogP contribution in [-0.4, -0.2) is 26.1 Å². The number of carbonyl (C=O) groups is 1. The van der Waals surface area contributed by atoms with Crippen LogP contribution in [0.3, 0.4) is 0 Å². The first-order valence-electron chi connectivity index (χ1n) is 5.55. The van der Waals surface area contributed by atoms with Crippen molar-refractivity contribution in [3.8, 4) is 0 Å². The molecule has 1 heterocycles. The number of nitrogens with zero attached hydrogens (tertiary/aromatic N) is 3. The molecular formula is C12H15N3O2. The average Bonchev–Trinajstić information content (AvgIpc) is 2.72. The SMILES string of the molecule is CCC(C)(C)n1nnc2c(C(=O)O)cccc21. The van der Waals surface area contributed by atoms with Gasteiger partial charge in [0, 0.05) is 0 Å². The minimum Gasteiger partial charge on any atom is -0.478 e. The maximum Gasteiger partial charge on any atom is 0.338 e. The van der Waals surface area contributed by atoms with Crippen LogP contribution < -0.4 is 0 Å². The first-order valence-corrected chi connectivity index (χ1v) is 5.55. The molecule has 0 radical (unpaired) electrons. The highest BCUT2D eigenvalue weighted by atomic mass is 16.4. The van der Waals surface area contributed by atoms with E-state index in [1.165, 1.54) is 0 Å². The molecule has 0 fully saturated rings. The van der Waals surface area contributed by atoms with Crippen LogP contribution in [0.2, 0.25) is 0 Å². The zero-order chi connectivity index (χ0) is 12.6. The van der Waals surface area contributed by atoms with Crippen LogP contribution in [0.5, 0.6) is 0 Å². The molecule has 1 aromatic heterocycles. The molecule has 0 unspecified atom stereocenters. The van der Waals surface area contributed by atoms with Crippen molar-refractivity contribution >= 4 is 17.0 Å². The van der Waals surface area contributed by atoms with E-state index in [9.17, 15) is 4.79 Å². The Morgan fingerprint density at radius 1 is 1.47 bits per heavy atom. The topological polar surface area (TPSA) is 68.0 Å². The Morgan fingerprint density at radius 3 is 2.76 bits per heavy atom. The zero-order valence-corrected chi connectivity index (χ0v) is 10.1. The Labute approximate surface area is 99.1 Å². The molecule has 0 spiro atoms. The molecule has 1 N–H and O–H groups in total. The van der Waals surface area contributed by atoms with Crippen molar-refractivity contribution in [3.05, 3.63) is 23.8 Å². The van der Waals surface area contributed by atoms with Gasteiger partial charge in [-0.25, -0.2) is 9.48 Å². The van der Waals surface area contributed by atoms with Crippen molar-refractivity contribution in [3.63, 3.8) is 0 Å². The third-order valence-electron chi connectivity index (χ3n) is 3.15. The highest BCUT2D eigenvalue weighted by Crippen LogP contribution is 2.24. The summed E-state index contributed by atoms with van der Waals surface area (Å²) in [5.74, 6) is -0.975. The molecule has 0 aliphatic heterocycles. The second kappa shape index (κ2) is 3.84. The van der Waals surface area contributed by atoms with Gasteiger partial charge in [0.1, 0.15) is 5.52 Å². The van der Waals surface area contributed by atoms with Gasteiger partial charge >= 0.3 is 5.97 Å². The van der Waals surface area contributed by atoms with Crippen molar-refractivity contribution < 1.29 is 9.90 Å². The van der Waals surface area contributed by atoms with E-state index in [1.807, 2.05) is 6.07 Å². The number of hydrogen-bond donors (Lipinski definition) is 1. The summed E-state index contributed by atoms with van der Waals surface area (Å²) in [5, 5.41) is 17.1. The van der Waals surface area contributed by atoms with Gasteiger partial charge in [-0.1, -0.05) is 18.2 Å². The Bertz CT molecular complexity index is 572. The zero-order valence-electron chi connectivity index (χ0n) is 10.1. The highest BCUT2D eigenvalue weighted by molar-refractivity contribution is 6.00.